The lowest BCUT2D eigenvalue weighted by atomic mass is 10.1. The zero-order valence-corrected chi connectivity index (χ0v) is 19.3. The van der Waals surface area contributed by atoms with Gasteiger partial charge in [0.25, 0.3) is 0 Å². The Labute approximate surface area is 198 Å². The summed E-state index contributed by atoms with van der Waals surface area (Å²) in [4.78, 5) is 33.8. The number of alkyl halides is 3. The van der Waals surface area contributed by atoms with Gasteiger partial charge in [-0.2, -0.15) is 13.2 Å². The summed E-state index contributed by atoms with van der Waals surface area (Å²) in [5.41, 5.74) is 1.34. The van der Waals surface area contributed by atoms with E-state index in [0.29, 0.717) is 11.4 Å². The minimum Gasteiger partial charge on any atom is -0.370 e. The fraction of sp³-hybridized carbons (Fsp3) is 0.375. The van der Waals surface area contributed by atoms with Crippen molar-refractivity contribution < 1.29 is 22.8 Å². The third kappa shape index (κ3) is 4.34. The first-order valence-electron chi connectivity index (χ1n) is 11.1. The fourth-order valence-electron chi connectivity index (χ4n) is 4.61. The first kappa shape index (κ1) is 22.6. The summed E-state index contributed by atoms with van der Waals surface area (Å²) in [6, 6.07) is 9.01. The van der Waals surface area contributed by atoms with Gasteiger partial charge in [0.15, 0.2) is 0 Å². The fourth-order valence-corrected chi connectivity index (χ4v) is 5.42. The Bertz CT molecular complexity index is 1270. The van der Waals surface area contributed by atoms with Gasteiger partial charge in [0.2, 0.25) is 11.8 Å². The molecular formula is C24H23F3N4O2S. The van der Waals surface area contributed by atoms with Crippen LogP contribution in [0.1, 0.15) is 29.8 Å². The van der Waals surface area contributed by atoms with Crippen molar-refractivity contribution in [2.24, 2.45) is 5.92 Å². The number of carbonyl (C=O) groups excluding carboxylic acids is 2. The van der Waals surface area contributed by atoms with Gasteiger partial charge in [0.1, 0.15) is 0 Å². The Hall–Kier alpha value is -3.14. The van der Waals surface area contributed by atoms with Crippen molar-refractivity contribution in [2.45, 2.75) is 32.4 Å². The second-order valence-electron chi connectivity index (χ2n) is 8.70. The molecule has 1 atom stereocenters. The maximum atomic E-state index is 13.3. The summed E-state index contributed by atoms with van der Waals surface area (Å²) in [5.74, 6) is -1.32. The number of benzene rings is 2. The highest BCUT2D eigenvalue weighted by molar-refractivity contribution is 7.18. The number of aryl methyl sites for hydroxylation is 1. The number of anilines is 3. The van der Waals surface area contributed by atoms with E-state index in [0.717, 1.165) is 53.3 Å². The van der Waals surface area contributed by atoms with Crippen molar-refractivity contribution in [2.75, 3.05) is 34.8 Å². The molecule has 3 heterocycles. The molecule has 10 heteroatoms. The Kier molecular flexibility index (Phi) is 5.71. The van der Waals surface area contributed by atoms with Gasteiger partial charge >= 0.3 is 6.18 Å². The number of hydrogen-bond acceptors (Lipinski definition) is 5. The molecule has 178 valence electrons. The lowest BCUT2D eigenvalue weighted by molar-refractivity contribution is -0.137. The zero-order valence-electron chi connectivity index (χ0n) is 18.5. The Morgan fingerprint density at radius 3 is 2.65 bits per heavy atom. The van der Waals surface area contributed by atoms with Gasteiger partial charge in [-0.05, 0) is 56.2 Å². The summed E-state index contributed by atoms with van der Waals surface area (Å²) in [5, 5.41) is 3.62. The van der Waals surface area contributed by atoms with Crippen LogP contribution < -0.4 is 15.1 Å². The van der Waals surface area contributed by atoms with Crippen molar-refractivity contribution in [3.05, 3.63) is 47.0 Å². The minimum atomic E-state index is -4.52. The average Bonchev–Trinajstić information content (AvgIpc) is 3.51. The maximum Gasteiger partial charge on any atom is 0.416 e. The van der Waals surface area contributed by atoms with Crippen LogP contribution in [0.3, 0.4) is 0 Å². The molecule has 0 saturated carbocycles. The smallest absolute Gasteiger partial charge is 0.370 e. The van der Waals surface area contributed by atoms with Crippen molar-refractivity contribution >= 4 is 50.4 Å². The van der Waals surface area contributed by atoms with Gasteiger partial charge in [0, 0.05) is 31.7 Å². The van der Waals surface area contributed by atoms with E-state index < -0.39 is 23.6 Å². The molecule has 0 radical (unpaired) electrons. The highest BCUT2D eigenvalue weighted by atomic mass is 32.1. The lowest BCUT2D eigenvalue weighted by Crippen LogP contribution is -2.29. The van der Waals surface area contributed by atoms with Crippen molar-refractivity contribution in [3.8, 4) is 0 Å². The van der Waals surface area contributed by atoms with Crippen LogP contribution in [-0.2, 0) is 15.8 Å². The van der Waals surface area contributed by atoms with Crippen LogP contribution in [0.4, 0.5) is 30.2 Å². The van der Waals surface area contributed by atoms with Crippen LogP contribution in [0.25, 0.3) is 10.2 Å². The largest absolute Gasteiger partial charge is 0.416 e. The standard InChI is InChI=1S/C24H23F3N4O2S/c1-14-28-19-12-17(5-7-21(19)34-14)31-13-15(10-22(31)32)23(33)29-18-11-16(24(25,26)27)4-6-20(18)30-8-2-3-9-30/h4-7,11-12,15H,2-3,8-10,13H2,1H3,(H,29,33). The Balaban J connectivity index is 1.37. The molecule has 2 saturated heterocycles. The van der Waals surface area contributed by atoms with E-state index in [-0.39, 0.29) is 24.6 Å². The number of carbonyl (C=O) groups is 2. The average molecular weight is 489 g/mol. The third-order valence-corrected chi connectivity index (χ3v) is 7.27. The number of aromatic nitrogens is 1. The third-order valence-electron chi connectivity index (χ3n) is 6.31. The van der Waals surface area contributed by atoms with E-state index in [1.54, 1.807) is 16.2 Å². The number of thiazole rings is 1. The monoisotopic (exact) mass is 488 g/mol. The molecule has 2 aromatic carbocycles. The van der Waals surface area contributed by atoms with Crippen LogP contribution in [-0.4, -0.2) is 36.4 Å². The van der Waals surface area contributed by atoms with Crippen molar-refractivity contribution in [3.63, 3.8) is 0 Å². The summed E-state index contributed by atoms with van der Waals surface area (Å²) in [6.45, 7) is 3.53. The lowest BCUT2D eigenvalue weighted by Gasteiger charge is -2.23. The number of amides is 2. The number of fused-ring (bicyclic) bond motifs is 1. The van der Waals surface area contributed by atoms with Gasteiger partial charge in [-0.15, -0.1) is 11.3 Å². The van der Waals surface area contributed by atoms with Crippen molar-refractivity contribution in [1.29, 1.82) is 0 Å². The summed E-state index contributed by atoms with van der Waals surface area (Å²) in [7, 11) is 0. The zero-order chi connectivity index (χ0) is 24.0. The molecule has 5 rings (SSSR count). The Morgan fingerprint density at radius 1 is 1.15 bits per heavy atom. The molecule has 1 unspecified atom stereocenters. The van der Waals surface area contributed by atoms with E-state index in [2.05, 4.69) is 10.3 Å². The molecular weight excluding hydrogens is 465 g/mol. The molecule has 0 aliphatic carbocycles. The normalized spacial score (nSPS) is 18.8. The summed E-state index contributed by atoms with van der Waals surface area (Å²) < 4.78 is 41.0. The van der Waals surface area contributed by atoms with Crippen LogP contribution in [0.2, 0.25) is 0 Å². The number of hydrogen-bond donors (Lipinski definition) is 1. The number of halogens is 3. The maximum absolute atomic E-state index is 13.3. The second kappa shape index (κ2) is 8.57. The first-order valence-corrected chi connectivity index (χ1v) is 12.0. The number of nitrogens with zero attached hydrogens (tertiary/aromatic N) is 3. The SMILES string of the molecule is Cc1nc2cc(N3CC(C(=O)Nc4cc(C(F)(F)F)ccc4N4CCCC4)CC3=O)ccc2s1. The Morgan fingerprint density at radius 2 is 1.91 bits per heavy atom. The number of rotatable bonds is 4. The van der Waals surface area contributed by atoms with E-state index in [4.69, 9.17) is 0 Å². The predicted octanol–water partition coefficient (Wildman–Crippen LogP) is 5.22. The van der Waals surface area contributed by atoms with Crippen LogP contribution in [0.5, 0.6) is 0 Å². The van der Waals surface area contributed by atoms with Gasteiger partial charge in [0.05, 0.1) is 38.1 Å². The van der Waals surface area contributed by atoms with Gasteiger partial charge < -0.3 is 15.1 Å². The quantitative estimate of drug-likeness (QED) is 0.547. The summed E-state index contributed by atoms with van der Waals surface area (Å²) in [6.07, 6.45) is -2.62. The van der Waals surface area contributed by atoms with Gasteiger partial charge in [-0.1, -0.05) is 0 Å². The predicted molar refractivity (Wildman–Crippen MR) is 126 cm³/mol. The minimum absolute atomic E-state index is 0.00201. The topological polar surface area (TPSA) is 65.5 Å². The number of nitrogens with one attached hydrogen (secondary N) is 1. The molecule has 1 N–H and O–H groups in total. The van der Waals surface area contributed by atoms with E-state index in [1.165, 1.54) is 6.07 Å². The highest BCUT2D eigenvalue weighted by Gasteiger charge is 2.37. The van der Waals surface area contributed by atoms with Gasteiger partial charge in [-0.3, -0.25) is 9.59 Å². The van der Waals surface area contributed by atoms with Gasteiger partial charge in [-0.25, -0.2) is 4.98 Å². The van der Waals surface area contributed by atoms with Crippen LogP contribution >= 0.6 is 11.3 Å². The molecule has 6 nitrogen and oxygen atoms in total. The van der Waals surface area contributed by atoms with E-state index >= 15 is 0 Å². The molecule has 2 aliphatic rings. The molecule has 2 amide bonds. The molecule has 3 aromatic rings. The molecule has 1 aromatic heterocycles. The van der Waals surface area contributed by atoms with E-state index in [1.807, 2.05) is 30.0 Å². The van der Waals surface area contributed by atoms with Crippen molar-refractivity contribution in [1.82, 2.24) is 4.98 Å². The first-order chi connectivity index (χ1) is 16.2. The molecule has 0 spiro atoms. The highest BCUT2D eigenvalue weighted by Crippen LogP contribution is 2.37. The summed E-state index contributed by atoms with van der Waals surface area (Å²) >= 11 is 1.56. The van der Waals surface area contributed by atoms with Crippen LogP contribution in [0.15, 0.2) is 36.4 Å². The molecule has 34 heavy (non-hydrogen) atoms. The van der Waals surface area contributed by atoms with Crippen LogP contribution in [0, 0.1) is 12.8 Å². The molecule has 2 aliphatic heterocycles. The molecule has 2 fully saturated rings. The molecule has 0 bridgehead atoms. The second-order valence-corrected chi connectivity index (χ2v) is 9.94. The van der Waals surface area contributed by atoms with E-state index in [9.17, 15) is 22.8 Å².